The van der Waals surface area contributed by atoms with Crippen LogP contribution in [0.2, 0.25) is 0 Å². The smallest absolute Gasteiger partial charge is 0.410 e. The van der Waals surface area contributed by atoms with Crippen LogP contribution in [-0.4, -0.2) is 69.4 Å². The molecule has 2 amide bonds. The summed E-state index contributed by atoms with van der Waals surface area (Å²) < 4.78 is 5.45. The van der Waals surface area contributed by atoms with Crippen LogP contribution in [0.25, 0.3) is 0 Å². The average Bonchev–Trinajstić information content (AvgIpc) is 3.31. The summed E-state index contributed by atoms with van der Waals surface area (Å²) in [5.41, 5.74) is -0.603. The summed E-state index contributed by atoms with van der Waals surface area (Å²) in [6.07, 6.45) is 6.06. The van der Waals surface area contributed by atoms with Crippen molar-refractivity contribution in [2.45, 2.75) is 78.6 Å². The van der Waals surface area contributed by atoms with Crippen LogP contribution in [0.3, 0.4) is 0 Å². The molecule has 1 saturated heterocycles. The summed E-state index contributed by atoms with van der Waals surface area (Å²) in [5.74, 6) is 2.51. The van der Waals surface area contributed by atoms with E-state index in [0.29, 0.717) is 60.5 Å². The molecule has 0 aromatic carbocycles. The van der Waals surface area contributed by atoms with Gasteiger partial charge in [-0.1, -0.05) is 19.9 Å². The van der Waals surface area contributed by atoms with Gasteiger partial charge in [0.2, 0.25) is 5.91 Å². The number of allylic oxidation sites excluding steroid dienone is 1. The van der Waals surface area contributed by atoms with Crippen LogP contribution in [0.15, 0.2) is 18.3 Å². The van der Waals surface area contributed by atoms with E-state index in [1.807, 2.05) is 33.9 Å². The second-order valence-electron chi connectivity index (χ2n) is 11.0. The molecule has 11 nitrogen and oxygen atoms in total. The predicted octanol–water partition coefficient (Wildman–Crippen LogP) is 3.10. The maximum Gasteiger partial charge on any atom is 0.410 e. The predicted molar refractivity (Wildman–Crippen MR) is 153 cm³/mol. The number of ether oxygens (including phenoxy) is 1. The summed E-state index contributed by atoms with van der Waals surface area (Å²) in [6, 6.07) is 1.26. The molecular formula is C26H42N8O3S. The topological polar surface area (TPSA) is 133 Å². The molecule has 0 radical (unpaired) electrons. The van der Waals surface area contributed by atoms with Crippen molar-refractivity contribution in [1.29, 1.82) is 0 Å². The number of thiocarbonyl (C=S) groups is 1. The monoisotopic (exact) mass is 546 g/mol. The van der Waals surface area contributed by atoms with Crippen molar-refractivity contribution in [3.63, 3.8) is 0 Å². The molecule has 1 unspecified atom stereocenters. The van der Waals surface area contributed by atoms with E-state index in [0.717, 1.165) is 12.8 Å². The number of aromatic nitrogens is 2. The first-order valence-electron chi connectivity index (χ1n) is 13.3. The molecule has 3 rings (SSSR count). The molecule has 1 aromatic rings. The van der Waals surface area contributed by atoms with Crippen LogP contribution in [-0.2, 0) is 9.53 Å². The van der Waals surface area contributed by atoms with Crippen molar-refractivity contribution in [3.05, 3.63) is 24.2 Å². The summed E-state index contributed by atoms with van der Waals surface area (Å²) in [6.45, 7) is 13.0. The van der Waals surface area contributed by atoms with E-state index in [-0.39, 0.29) is 12.1 Å². The lowest BCUT2D eigenvalue weighted by molar-refractivity contribution is -0.125. The van der Waals surface area contributed by atoms with Gasteiger partial charge in [0, 0.05) is 31.6 Å². The third-order valence-electron chi connectivity index (χ3n) is 6.37. The zero-order valence-corrected chi connectivity index (χ0v) is 24.1. The minimum atomic E-state index is -0.603. The van der Waals surface area contributed by atoms with Gasteiger partial charge in [-0.25, -0.2) is 14.8 Å². The molecule has 0 saturated carbocycles. The first-order chi connectivity index (χ1) is 17.9. The molecule has 2 aliphatic rings. The van der Waals surface area contributed by atoms with Gasteiger partial charge >= 0.3 is 6.09 Å². The molecule has 3 heterocycles. The van der Waals surface area contributed by atoms with E-state index in [2.05, 4.69) is 56.5 Å². The molecular weight excluding hydrogens is 504 g/mol. The SMILES string of the molecule is Cc1nc(NCCNC(=O)[C@@H]2CCCN2C(=O)OC(C)(C)C)cc(NC(=S)NC2NC=CC[C@@H]2C(C)C)n1. The standard InChI is InChI=1S/C26H42N8O3S/c1-16(2)18-9-7-11-28-22(18)33-24(38)32-21-15-20(30-17(3)31-21)27-12-13-29-23(35)19-10-8-14-34(19)25(36)37-26(4,5)6/h7,11,15-16,18-19,22,28H,8-10,12-14H2,1-6H3,(H,29,35)(H3,27,30,31,32,33,38)/t18-,19+,22?/m1/s1. The number of carbonyl (C=O) groups is 2. The van der Waals surface area contributed by atoms with E-state index >= 15 is 0 Å². The second kappa shape index (κ2) is 13.1. The van der Waals surface area contributed by atoms with E-state index in [4.69, 9.17) is 17.0 Å². The molecule has 0 spiro atoms. The number of nitrogens with one attached hydrogen (secondary N) is 5. The Bertz CT molecular complexity index is 1030. The number of hydrogen-bond donors (Lipinski definition) is 5. The van der Waals surface area contributed by atoms with Crippen molar-refractivity contribution in [2.75, 3.05) is 30.3 Å². The lowest BCUT2D eigenvalue weighted by Crippen LogP contribution is -2.52. The maximum atomic E-state index is 12.7. The Labute approximate surface area is 231 Å². The highest BCUT2D eigenvalue weighted by Crippen LogP contribution is 2.22. The molecule has 12 heteroatoms. The van der Waals surface area contributed by atoms with Crippen LogP contribution in [0.5, 0.6) is 0 Å². The molecule has 3 atom stereocenters. The quantitative estimate of drug-likeness (QED) is 0.245. The Morgan fingerprint density at radius 1 is 1.24 bits per heavy atom. The van der Waals surface area contributed by atoms with Gasteiger partial charge in [0.25, 0.3) is 0 Å². The molecule has 0 bridgehead atoms. The fraction of sp³-hybridized carbons (Fsp3) is 0.654. The zero-order valence-electron chi connectivity index (χ0n) is 23.3. The number of amides is 2. The van der Waals surface area contributed by atoms with Crippen molar-refractivity contribution >= 4 is 41.0 Å². The van der Waals surface area contributed by atoms with Gasteiger partial charge in [0.15, 0.2) is 5.11 Å². The Morgan fingerprint density at radius 2 is 1.97 bits per heavy atom. The van der Waals surface area contributed by atoms with Crippen LogP contribution < -0.4 is 26.6 Å². The Morgan fingerprint density at radius 3 is 2.68 bits per heavy atom. The van der Waals surface area contributed by atoms with Gasteiger partial charge in [0.1, 0.15) is 35.3 Å². The Kier molecular flexibility index (Phi) is 10.1. The molecule has 0 aliphatic carbocycles. The van der Waals surface area contributed by atoms with Gasteiger partial charge in [0.05, 0.1) is 0 Å². The first-order valence-corrected chi connectivity index (χ1v) is 13.7. The van der Waals surface area contributed by atoms with E-state index < -0.39 is 17.7 Å². The molecule has 2 aliphatic heterocycles. The fourth-order valence-corrected chi connectivity index (χ4v) is 4.78. The molecule has 5 N–H and O–H groups in total. The van der Waals surface area contributed by atoms with Crippen molar-refractivity contribution in [1.82, 2.24) is 30.8 Å². The third kappa shape index (κ3) is 8.71. The summed E-state index contributed by atoms with van der Waals surface area (Å²) in [7, 11) is 0. The lowest BCUT2D eigenvalue weighted by Gasteiger charge is -2.33. The first kappa shape index (κ1) is 29.4. The van der Waals surface area contributed by atoms with Gasteiger partial charge < -0.3 is 31.3 Å². The highest BCUT2D eigenvalue weighted by atomic mass is 32.1. The van der Waals surface area contributed by atoms with Crippen molar-refractivity contribution in [3.8, 4) is 0 Å². The summed E-state index contributed by atoms with van der Waals surface area (Å²) >= 11 is 5.54. The summed E-state index contributed by atoms with van der Waals surface area (Å²) in [4.78, 5) is 35.6. The number of anilines is 2. The number of nitrogens with zero attached hydrogens (tertiary/aromatic N) is 3. The normalized spacial score (nSPS) is 21.0. The number of aryl methyl sites for hydroxylation is 1. The Hall–Kier alpha value is -3.15. The van der Waals surface area contributed by atoms with Gasteiger partial charge in [-0.05, 0) is 71.3 Å². The van der Waals surface area contributed by atoms with Gasteiger partial charge in [-0.15, -0.1) is 0 Å². The average molecular weight is 547 g/mol. The largest absolute Gasteiger partial charge is 0.444 e. The van der Waals surface area contributed by atoms with Crippen LogP contribution in [0.1, 0.15) is 59.7 Å². The van der Waals surface area contributed by atoms with Crippen molar-refractivity contribution in [2.24, 2.45) is 11.8 Å². The second-order valence-corrected chi connectivity index (χ2v) is 11.4. The van der Waals surface area contributed by atoms with Crippen LogP contribution >= 0.6 is 12.2 Å². The number of carbonyl (C=O) groups excluding carboxylic acids is 2. The third-order valence-corrected chi connectivity index (χ3v) is 6.59. The minimum Gasteiger partial charge on any atom is -0.444 e. The minimum absolute atomic E-state index is 0.0373. The lowest BCUT2D eigenvalue weighted by atomic mass is 9.88. The van der Waals surface area contributed by atoms with E-state index in [9.17, 15) is 9.59 Å². The van der Waals surface area contributed by atoms with Crippen LogP contribution in [0.4, 0.5) is 16.4 Å². The molecule has 1 aromatic heterocycles. The fourth-order valence-electron chi connectivity index (χ4n) is 4.55. The molecule has 38 heavy (non-hydrogen) atoms. The van der Waals surface area contributed by atoms with Crippen molar-refractivity contribution < 1.29 is 14.3 Å². The van der Waals surface area contributed by atoms with Gasteiger partial charge in [-0.2, -0.15) is 0 Å². The molecule has 210 valence electrons. The number of hydrogen-bond acceptors (Lipinski definition) is 8. The number of likely N-dealkylation sites (tertiary alicyclic amines) is 1. The zero-order chi connectivity index (χ0) is 27.9. The van der Waals surface area contributed by atoms with E-state index in [1.54, 1.807) is 6.07 Å². The maximum absolute atomic E-state index is 12.7. The number of rotatable bonds is 8. The van der Waals surface area contributed by atoms with Crippen LogP contribution in [0, 0.1) is 18.8 Å². The Balaban J connectivity index is 1.47. The highest BCUT2D eigenvalue weighted by molar-refractivity contribution is 7.80. The summed E-state index contributed by atoms with van der Waals surface area (Å²) in [5, 5.41) is 16.4. The van der Waals surface area contributed by atoms with E-state index in [1.165, 1.54) is 4.90 Å². The van der Waals surface area contributed by atoms with Gasteiger partial charge in [-0.3, -0.25) is 9.69 Å². The molecule has 1 fully saturated rings. The highest BCUT2D eigenvalue weighted by Gasteiger charge is 2.36.